The molecule has 174 valence electrons. The molecule has 0 saturated carbocycles. The third-order valence-electron chi connectivity index (χ3n) is 5.52. The highest BCUT2D eigenvalue weighted by Crippen LogP contribution is 2.27. The van der Waals surface area contributed by atoms with Gasteiger partial charge < -0.3 is 9.73 Å². The Morgan fingerprint density at radius 3 is 2.50 bits per heavy atom. The summed E-state index contributed by atoms with van der Waals surface area (Å²) in [6.07, 6.45) is 4.76. The van der Waals surface area contributed by atoms with Gasteiger partial charge in [-0.1, -0.05) is 59.6 Å². The van der Waals surface area contributed by atoms with Gasteiger partial charge in [-0.05, 0) is 47.9 Å². The number of benzene rings is 2. The molecule has 1 N–H and O–H groups in total. The lowest BCUT2D eigenvalue weighted by atomic mass is 10.1. The quantitative estimate of drug-likeness (QED) is 0.305. The van der Waals surface area contributed by atoms with Crippen molar-refractivity contribution in [1.82, 2.24) is 20.2 Å². The third kappa shape index (κ3) is 6.23. The Labute approximate surface area is 208 Å². The van der Waals surface area contributed by atoms with Crippen LogP contribution in [0.3, 0.4) is 0 Å². The fourth-order valence-electron chi connectivity index (χ4n) is 3.58. The summed E-state index contributed by atoms with van der Waals surface area (Å²) in [5.74, 6) is 0.163. The smallest absolute Gasteiger partial charge is 0.273 e. The molecule has 34 heavy (non-hydrogen) atoms. The predicted octanol–water partition coefficient (Wildman–Crippen LogP) is 6.07. The van der Waals surface area contributed by atoms with Crippen molar-refractivity contribution in [1.29, 1.82) is 0 Å². The molecular formula is C26H24Cl2N4O2. The van der Waals surface area contributed by atoms with E-state index in [0.29, 0.717) is 35.6 Å². The van der Waals surface area contributed by atoms with Gasteiger partial charge in [-0.15, -0.1) is 0 Å². The maximum atomic E-state index is 12.5. The highest BCUT2D eigenvalue weighted by atomic mass is 35.5. The zero-order chi connectivity index (χ0) is 23.9. The van der Waals surface area contributed by atoms with Crippen LogP contribution in [0.4, 0.5) is 0 Å². The van der Waals surface area contributed by atoms with Crippen molar-refractivity contribution < 1.29 is 9.21 Å². The molecule has 2 aromatic heterocycles. The highest BCUT2D eigenvalue weighted by molar-refractivity contribution is 6.42. The van der Waals surface area contributed by atoms with Gasteiger partial charge in [0.25, 0.3) is 5.91 Å². The standard InChI is InChI=1S/C26H24Cl2N4O2/c1-18(21-5-3-2-4-6-21)32(15-20-7-8-22(27)23(28)13-20)16-25-31-24(17-34-25)26(33)30-14-19-9-11-29-12-10-19/h2-13,17-18H,14-16H2,1H3,(H,30,33)/t18-/m0/s1. The van der Waals surface area contributed by atoms with Crippen molar-refractivity contribution >= 4 is 29.1 Å². The number of rotatable bonds is 9. The molecule has 0 unspecified atom stereocenters. The van der Waals surface area contributed by atoms with Crippen LogP contribution in [0.15, 0.2) is 83.7 Å². The Hall–Kier alpha value is -3.19. The molecule has 0 fully saturated rings. The number of aromatic nitrogens is 2. The summed E-state index contributed by atoms with van der Waals surface area (Å²) < 4.78 is 5.66. The third-order valence-corrected chi connectivity index (χ3v) is 6.26. The van der Waals surface area contributed by atoms with Gasteiger partial charge >= 0.3 is 0 Å². The molecule has 1 atom stereocenters. The van der Waals surface area contributed by atoms with Gasteiger partial charge in [0, 0.05) is 31.5 Å². The van der Waals surface area contributed by atoms with Crippen LogP contribution in [0, 0.1) is 0 Å². The van der Waals surface area contributed by atoms with E-state index in [4.69, 9.17) is 27.6 Å². The lowest BCUT2D eigenvalue weighted by molar-refractivity contribution is 0.0945. The van der Waals surface area contributed by atoms with Crippen molar-refractivity contribution in [3.63, 3.8) is 0 Å². The van der Waals surface area contributed by atoms with Gasteiger partial charge in [0.2, 0.25) is 5.89 Å². The summed E-state index contributed by atoms with van der Waals surface area (Å²) in [4.78, 5) is 23.2. The minimum absolute atomic E-state index is 0.0616. The van der Waals surface area contributed by atoms with E-state index in [0.717, 1.165) is 16.7 Å². The lowest BCUT2D eigenvalue weighted by Crippen LogP contribution is -2.27. The summed E-state index contributed by atoms with van der Waals surface area (Å²) in [5, 5.41) is 3.88. The van der Waals surface area contributed by atoms with E-state index in [9.17, 15) is 4.79 Å². The molecule has 0 spiro atoms. The largest absolute Gasteiger partial charge is 0.447 e. The fraction of sp³-hybridized carbons (Fsp3) is 0.192. The summed E-state index contributed by atoms with van der Waals surface area (Å²) in [5.41, 5.74) is 3.37. The Kier molecular flexibility index (Phi) is 7.95. The molecule has 0 radical (unpaired) electrons. The molecule has 0 saturated heterocycles. The molecule has 0 aliphatic heterocycles. The second kappa shape index (κ2) is 11.3. The van der Waals surface area contributed by atoms with E-state index in [2.05, 4.69) is 39.2 Å². The number of pyridine rings is 1. The van der Waals surface area contributed by atoms with Crippen LogP contribution >= 0.6 is 23.2 Å². The molecule has 6 nitrogen and oxygen atoms in total. The Morgan fingerprint density at radius 2 is 1.76 bits per heavy atom. The maximum absolute atomic E-state index is 12.5. The number of hydrogen-bond donors (Lipinski definition) is 1. The monoisotopic (exact) mass is 494 g/mol. The number of halogens is 2. The summed E-state index contributed by atoms with van der Waals surface area (Å²) >= 11 is 12.3. The maximum Gasteiger partial charge on any atom is 0.273 e. The average Bonchev–Trinajstić information content (AvgIpc) is 3.34. The second-order valence-electron chi connectivity index (χ2n) is 7.90. The minimum atomic E-state index is -0.293. The van der Waals surface area contributed by atoms with Crippen molar-refractivity contribution in [2.75, 3.05) is 0 Å². The Morgan fingerprint density at radius 1 is 1.00 bits per heavy atom. The zero-order valence-electron chi connectivity index (χ0n) is 18.6. The van der Waals surface area contributed by atoms with E-state index in [1.807, 2.05) is 42.5 Å². The molecular weight excluding hydrogens is 471 g/mol. The van der Waals surface area contributed by atoms with E-state index in [1.165, 1.54) is 6.26 Å². The van der Waals surface area contributed by atoms with Crippen molar-refractivity contribution in [3.05, 3.63) is 118 Å². The van der Waals surface area contributed by atoms with Crippen LogP contribution in [-0.2, 0) is 19.6 Å². The van der Waals surface area contributed by atoms with Gasteiger partial charge in [-0.2, -0.15) is 0 Å². The Balaban J connectivity index is 1.49. The summed E-state index contributed by atoms with van der Waals surface area (Å²) in [6.45, 7) is 3.52. The molecule has 0 aliphatic carbocycles. The fourth-order valence-corrected chi connectivity index (χ4v) is 3.90. The van der Waals surface area contributed by atoms with Crippen LogP contribution in [0.2, 0.25) is 10.0 Å². The van der Waals surface area contributed by atoms with Crippen LogP contribution in [0.25, 0.3) is 0 Å². The molecule has 2 heterocycles. The van der Waals surface area contributed by atoms with E-state index in [1.54, 1.807) is 18.5 Å². The van der Waals surface area contributed by atoms with Gasteiger partial charge in [0.1, 0.15) is 6.26 Å². The summed E-state index contributed by atoms with van der Waals surface area (Å²) in [6, 6.07) is 19.5. The normalized spacial score (nSPS) is 12.0. The Bertz CT molecular complexity index is 1230. The number of nitrogens with one attached hydrogen (secondary N) is 1. The first-order chi connectivity index (χ1) is 16.5. The molecule has 8 heteroatoms. The number of carbonyl (C=O) groups excluding carboxylic acids is 1. The summed E-state index contributed by atoms with van der Waals surface area (Å²) in [7, 11) is 0. The molecule has 4 aromatic rings. The van der Waals surface area contributed by atoms with Crippen molar-refractivity contribution in [2.24, 2.45) is 0 Å². The van der Waals surface area contributed by atoms with Crippen LogP contribution < -0.4 is 5.32 Å². The first-order valence-electron chi connectivity index (χ1n) is 10.8. The molecule has 0 bridgehead atoms. The average molecular weight is 495 g/mol. The minimum Gasteiger partial charge on any atom is -0.447 e. The lowest BCUT2D eigenvalue weighted by Gasteiger charge is -2.28. The van der Waals surface area contributed by atoms with Crippen molar-refractivity contribution in [3.8, 4) is 0 Å². The highest BCUT2D eigenvalue weighted by Gasteiger charge is 2.21. The number of hydrogen-bond acceptors (Lipinski definition) is 5. The van der Waals surface area contributed by atoms with Crippen molar-refractivity contribution in [2.45, 2.75) is 32.6 Å². The topological polar surface area (TPSA) is 71.3 Å². The van der Waals surface area contributed by atoms with Gasteiger partial charge in [-0.3, -0.25) is 14.7 Å². The molecule has 2 aromatic carbocycles. The van der Waals surface area contributed by atoms with Crippen LogP contribution in [0.5, 0.6) is 0 Å². The SMILES string of the molecule is C[C@@H](c1ccccc1)N(Cc1ccc(Cl)c(Cl)c1)Cc1nc(C(=O)NCc2ccncc2)co1. The van der Waals surface area contributed by atoms with E-state index in [-0.39, 0.29) is 17.6 Å². The van der Waals surface area contributed by atoms with Gasteiger partial charge in [0.05, 0.1) is 16.6 Å². The predicted molar refractivity (Wildman–Crippen MR) is 132 cm³/mol. The zero-order valence-corrected chi connectivity index (χ0v) is 20.1. The second-order valence-corrected chi connectivity index (χ2v) is 8.72. The van der Waals surface area contributed by atoms with Crippen LogP contribution in [-0.4, -0.2) is 20.8 Å². The molecule has 4 rings (SSSR count). The first-order valence-corrected chi connectivity index (χ1v) is 11.6. The first kappa shape index (κ1) is 24.0. The number of oxazole rings is 1. The molecule has 0 aliphatic rings. The van der Waals surface area contributed by atoms with E-state index < -0.39 is 0 Å². The number of amides is 1. The van der Waals surface area contributed by atoms with Crippen LogP contribution in [0.1, 0.15) is 46.0 Å². The number of carbonyl (C=O) groups is 1. The molecule has 1 amide bonds. The number of nitrogens with zero attached hydrogens (tertiary/aromatic N) is 3. The van der Waals surface area contributed by atoms with Gasteiger partial charge in [-0.25, -0.2) is 4.98 Å². The van der Waals surface area contributed by atoms with E-state index >= 15 is 0 Å². The van der Waals surface area contributed by atoms with Gasteiger partial charge in [0.15, 0.2) is 5.69 Å².